The number of nitrogens with zero attached hydrogens (tertiary/aromatic N) is 2. The van der Waals surface area contributed by atoms with Crippen LogP contribution in [0.15, 0.2) is 29.3 Å². The van der Waals surface area contributed by atoms with E-state index in [1.165, 1.54) is 17.4 Å². The summed E-state index contributed by atoms with van der Waals surface area (Å²) < 4.78 is 31.7. The third-order valence-corrected chi connectivity index (χ3v) is 5.25. The Bertz CT molecular complexity index is 768. The van der Waals surface area contributed by atoms with Crippen LogP contribution in [0.1, 0.15) is 38.0 Å². The van der Waals surface area contributed by atoms with Gasteiger partial charge in [-0.3, -0.25) is 4.99 Å². The van der Waals surface area contributed by atoms with Crippen LogP contribution in [0.3, 0.4) is 0 Å². The van der Waals surface area contributed by atoms with E-state index in [-0.39, 0.29) is 30.1 Å². The lowest BCUT2D eigenvalue weighted by Crippen LogP contribution is -2.50. The average molecular weight is 524 g/mol. The highest BCUT2D eigenvalue weighted by Crippen LogP contribution is 2.25. The molecule has 0 spiro atoms. The maximum Gasteiger partial charge on any atom is 0.209 e. The standard InChI is InChI=1S/C19H32N4O3S.HI/c1-6-20-18(21-14-19(3,4)22-27(5,24)25)23-11-12-26-17(13-23)16-10-8-7-9-15(16)2;/h7-10,17,22H,6,11-14H2,1-5H3,(H,20,21);1H. The predicted octanol–water partition coefficient (Wildman–Crippen LogP) is 2.28. The highest BCUT2D eigenvalue weighted by Gasteiger charge is 2.26. The molecule has 1 aromatic rings. The van der Waals surface area contributed by atoms with Gasteiger partial charge >= 0.3 is 0 Å². The van der Waals surface area contributed by atoms with Crippen molar-refractivity contribution in [3.05, 3.63) is 35.4 Å². The van der Waals surface area contributed by atoms with Gasteiger partial charge in [-0.2, -0.15) is 0 Å². The van der Waals surface area contributed by atoms with Crippen molar-refractivity contribution in [3.63, 3.8) is 0 Å². The summed E-state index contributed by atoms with van der Waals surface area (Å²) in [5, 5.41) is 3.32. The van der Waals surface area contributed by atoms with E-state index in [0.717, 1.165) is 19.0 Å². The Morgan fingerprint density at radius 2 is 2.04 bits per heavy atom. The Kier molecular flexibility index (Phi) is 9.65. The first-order valence-electron chi connectivity index (χ1n) is 9.30. The molecule has 0 amide bonds. The number of hydrogen-bond acceptors (Lipinski definition) is 4. The molecular formula is C19H33IN4O3S. The highest BCUT2D eigenvalue weighted by atomic mass is 127. The van der Waals surface area contributed by atoms with Crippen LogP contribution in [0.25, 0.3) is 0 Å². The maximum atomic E-state index is 11.5. The Morgan fingerprint density at radius 3 is 2.64 bits per heavy atom. The molecule has 2 rings (SSSR count). The van der Waals surface area contributed by atoms with Gasteiger partial charge in [-0.15, -0.1) is 24.0 Å². The third kappa shape index (κ3) is 7.84. The van der Waals surface area contributed by atoms with Crippen LogP contribution in [0, 0.1) is 6.92 Å². The van der Waals surface area contributed by atoms with E-state index in [4.69, 9.17) is 9.73 Å². The smallest absolute Gasteiger partial charge is 0.209 e. The molecule has 0 bridgehead atoms. The van der Waals surface area contributed by atoms with Crippen molar-refractivity contribution in [2.24, 2.45) is 4.99 Å². The minimum absolute atomic E-state index is 0. The molecule has 2 N–H and O–H groups in total. The summed E-state index contributed by atoms with van der Waals surface area (Å²) in [5.41, 5.74) is 1.75. The van der Waals surface area contributed by atoms with Crippen molar-refractivity contribution < 1.29 is 13.2 Å². The van der Waals surface area contributed by atoms with Crippen molar-refractivity contribution >= 4 is 40.0 Å². The summed E-state index contributed by atoms with van der Waals surface area (Å²) >= 11 is 0. The number of benzene rings is 1. The molecule has 0 aromatic heterocycles. The summed E-state index contributed by atoms with van der Waals surface area (Å²) in [7, 11) is -3.29. The van der Waals surface area contributed by atoms with Crippen LogP contribution < -0.4 is 10.0 Å². The minimum Gasteiger partial charge on any atom is -0.370 e. The van der Waals surface area contributed by atoms with Crippen LogP contribution in [0.4, 0.5) is 0 Å². The zero-order chi connectivity index (χ0) is 20.1. The fraction of sp³-hybridized carbons (Fsp3) is 0.632. The van der Waals surface area contributed by atoms with Gasteiger partial charge in [0.2, 0.25) is 10.0 Å². The van der Waals surface area contributed by atoms with Crippen molar-refractivity contribution in [1.82, 2.24) is 14.9 Å². The van der Waals surface area contributed by atoms with Gasteiger partial charge in [0.25, 0.3) is 0 Å². The van der Waals surface area contributed by atoms with Crippen molar-refractivity contribution in [3.8, 4) is 0 Å². The van der Waals surface area contributed by atoms with Crippen LogP contribution in [0.5, 0.6) is 0 Å². The van der Waals surface area contributed by atoms with Crippen LogP contribution in [-0.2, 0) is 14.8 Å². The summed E-state index contributed by atoms with van der Waals surface area (Å²) in [4.78, 5) is 6.87. The number of aryl methyl sites for hydroxylation is 1. The third-order valence-electron chi connectivity index (χ3n) is 4.32. The highest BCUT2D eigenvalue weighted by molar-refractivity contribution is 14.0. The van der Waals surface area contributed by atoms with Crippen molar-refractivity contribution in [2.45, 2.75) is 39.3 Å². The molecular weight excluding hydrogens is 491 g/mol. The number of morpholine rings is 1. The number of guanidine groups is 1. The van der Waals surface area contributed by atoms with Gasteiger partial charge in [-0.25, -0.2) is 13.1 Å². The van der Waals surface area contributed by atoms with Gasteiger partial charge in [0.1, 0.15) is 6.10 Å². The zero-order valence-corrected chi connectivity index (χ0v) is 20.5. The number of sulfonamides is 1. The van der Waals surface area contributed by atoms with Crippen LogP contribution >= 0.6 is 24.0 Å². The number of halogens is 1. The number of rotatable bonds is 6. The normalized spacial score (nSPS) is 18.5. The topological polar surface area (TPSA) is 83.0 Å². The SMILES string of the molecule is CCNC(=NCC(C)(C)NS(C)(=O)=O)N1CCOC(c2ccccc2C)C1.I. The van der Waals surface area contributed by atoms with Crippen molar-refractivity contribution in [1.29, 1.82) is 0 Å². The molecule has 160 valence electrons. The summed E-state index contributed by atoms with van der Waals surface area (Å²) in [5.74, 6) is 0.780. The lowest BCUT2D eigenvalue weighted by atomic mass is 10.0. The van der Waals surface area contributed by atoms with E-state index in [1.807, 2.05) is 32.9 Å². The molecule has 1 unspecified atom stereocenters. The van der Waals surface area contributed by atoms with Gasteiger partial charge < -0.3 is 15.0 Å². The second kappa shape index (κ2) is 10.7. The van der Waals surface area contributed by atoms with E-state index in [0.29, 0.717) is 19.7 Å². The lowest BCUT2D eigenvalue weighted by molar-refractivity contribution is -0.00835. The Hall–Kier alpha value is -0.910. The molecule has 1 aliphatic heterocycles. The monoisotopic (exact) mass is 524 g/mol. The molecule has 0 radical (unpaired) electrons. The second-order valence-electron chi connectivity index (χ2n) is 7.59. The molecule has 9 heteroatoms. The number of ether oxygens (including phenoxy) is 1. The van der Waals surface area contributed by atoms with Gasteiger partial charge in [0.05, 0.1) is 26.0 Å². The molecule has 1 atom stereocenters. The van der Waals surface area contributed by atoms with E-state index in [1.54, 1.807) is 0 Å². The van der Waals surface area contributed by atoms with Gasteiger partial charge in [-0.05, 0) is 38.8 Å². The Morgan fingerprint density at radius 1 is 1.36 bits per heavy atom. The molecule has 0 saturated carbocycles. The van der Waals surface area contributed by atoms with E-state index < -0.39 is 15.6 Å². The lowest BCUT2D eigenvalue weighted by Gasteiger charge is -2.36. The Labute approximate surface area is 186 Å². The van der Waals surface area contributed by atoms with Crippen LogP contribution in [0.2, 0.25) is 0 Å². The van der Waals surface area contributed by atoms with Gasteiger partial charge in [0.15, 0.2) is 5.96 Å². The summed E-state index contributed by atoms with van der Waals surface area (Å²) in [6, 6.07) is 8.26. The quantitative estimate of drug-likeness (QED) is 0.339. The molecule has 1 saturated heterocycles. The number of aliphatic imine (C=N–C) groups is 1. The van der Waals surface area contributed by atoms with Gasteiger partial charge in [-0.1, -0.05) is 24.3 Å². The molecule has 28 heavy (non-hydrogen) atoms. The largest absolute Gasteiger partial charge is 0.370 e. The number of nitrogens with one attached hydrogen (secondary N) is 2. The fourth-order valence-corrected chi connectivity index (χ4v) is 4.28. The first-order chi connectivity index (χ1) is 12.6. The first kappa shape index (κ1) is 25.1. The van der Waals surface area contributed by atoms with Gasteiger partial charge in [0, 0.05) is 18.6 Å². The molecule has 0 aliphatic carbocycles. The van der Waals surface area contributed by atoms with Crippen molar-refractivity contribution in [2.75, 3.05) is 39.0 Å². The van der Waals surface area contributed by atoms with Crippen LogP contribution in [-0.4, -0.2) is 63.9 Å². The average Bonchev–Trinajstić information content (AvgIpc) is 2.57. The first-order valence-corrected chi connectivity index (χ1v) is 11.2. The van der Waals surface area contributed by atoms with E-state index in [2.05, 4.69) is 34.0 Å². The molecule has 1 heterocycles. The summed E-state index contributed by atoms with van der Waals surface area (Å²) in [6.45, 7) is 10.9. The molecule has 1 aromatic carbocycles. The maximum absolute atomic E-state index is 11.5. The predicted molar refractivity (Wildman–Crippen MR) is 125 cm³/mol. The molecule has 7 nitrogen and oxygen atoms in total. The minimum atomic E-state index is -3.29. The zero-order valence-electron chi connectivity index (χ0n) is 17.4. The summed E-state index contributed by atoms with van der Waals surface area (Å²) in [6.07, 6.45) is 1.16. The van der Waals surface area contributed by atoms with E-state index in [9.17, 15) is 8.42 Å². The number of hydrogen-bond donors (Lipinski definition) is 2. The van der Waals surface area contributed by atoms with E-state index >= 15 is 0 Å². The second-order valence-corrected chi connectivity index (χ2v) is 9.34. The molecule has 1 aliphatic rings. The fourth-order valence-electron chi connectivity index (χ4n) is 3.21. The Balaban J connectivity index is 0.00000392. The molecule has 1 fully saturated rings.